The van der Waals surface area contributed by atoms with Gasteiger partial charge in [0, 0.05) is 29.3 Å². The number of rotatable bonds is 5. The summed E-state index contributed by atoms with van der Waals surface area (Å²) in [6.07, 6.45) is 0. The van der Waals surface area contributed by atoms with Gasteiger partial charge in [0.25, 0.3) is 0 Å². The van der Waals surface area contributed by atoms with E-state index in [1.807, 2.05) is 0 Å². The number of hydrogen-bond acceptors (Lipinski definition) is 4. The number of benzene rings is 2. The zero-order valence-electron chi connectivity index (χ0n) is 19.4. The van der Waals surface area contributed by atoms with Crippen molar-refractivity contribution in [2.75, 3.05) is 0 Å². The van der Waals surface area contributed by atoms with Gasteiger partial charge in [-0.2, -0.15) is 0 Å². The molecule has 202 valence electrons. The normalized spacial score (nSPS) is 11.5. The monoisotopic (exact) mass is 626 g/mol. The van der Waals surface area contributed by atoms with Crippen LogP contribution in [-0.4, -0.2) is 0 Å². The van der Waals surface area contributed by atoms with Crippen LogP contribution in [0.25, 0.3) is 51.5 Å². The Morgan fingerprint density at radius 1 is 0.325 bits per heavy atom. The lowest BCUT2D eigenvalue weighted by Crippen LogP contribution is -2.02. The van der Waals surface area contributed by atoms with Crippen molar-refractivity contribution in [3.63, 3.8) is 0 Å². The molecule has 0 nitrogen and oxygen atoms in total. The van der Waals surface area contributed by atoms with Crippen LogP contribution in [-0.2, 0) is 0 Å². The van der Waals surface area contributed by atoms with Crippen molar-refractivity contribution in [3.05, 3.63) is 106 Å². The SMILES string of the molecule is Fc1c(F)c(-c2ccc(-c3ccc(-c4c(F)c(F)c(-c5cccs5)c(F)c4F)s3)s2)c(F)c(F)c1-c1cccs1. The van der Waals surface area contributed by atoms with E-state index in [0.29, 0.717) is 9.75 Å². The molecule has 0 saturated carbocycles. The minimum atomic E-state index is -1.57. The van der Waals surface area contributed by atoms with Gasteiger partial charge in [-0.05, 0) is 47.2 Å². The highest BCUT2D eigenvalue weighted by Crippen LogP contribution is 2.46. The highest BCUT2D eigenvalue weighted by atomic mass is 32.1. The summed E-state index contributed by atoms with van der Waals surface area (Å²) in [6.45, 7) is 0. The smallest absolute Gasteiger partial charge is 0.171 e. The summed E-state index contributed by atoms with van der Waals surface area (Å²) in [5.41, 5.74) is -3.40. The van der Waals surface area contributed by atoms with Crippen molar-refractivity contribution in [2.24, 2.45) is 0 Å². The first-order chi connectivity index (χ1) is 19.2. The maximum atomic E-state index is 15.0. The lowest BCUT2D eigenvalue weighted by molar-refractivity contribution is 0.463. The minimum absolute atomic E-state index is 0.0214. The summed E-state index contributed by atoms with van der Waals surface area (Å²) in [6, 6.07) is 11.0. The molecular formula is C28H10F8S4. The van der Waals surface area contributed by atoms with Crippen LogP contribution >= 0.6 is 45.3 Å². The van der Waals surface area contributed by atoms with Gasteiger partial charge < -0.3 is 0 Å². The van der Waals surface area contributed by atoms with Gasteiger partial charge in [-0.1, -0.05) is 12.1 Å². The van der Waals surface area contributed by atoms with E-state index in [0.717, 1.165) is 45.3 Å². The average molecular weight is 627 g/mol. The maximum Gasteiger partial charge on any atom is 0.171 e. The lowest BCUT2D eigenvalue weighted by atomic mass is 10.1. The molecule has 0 saturated heterocycles. The van der Waals surface area contributed by atoms with E-state index < -0.39 is 68.8 Å². The summed E-state index contributed by atoms with van der Waals surface area (Å²) in [7, 11) is 0. The topological polar surface area (TPSA) is 0 Å². The Bertz CT molecular complexity index is 1690. The van der Waals surface area contributed by atoms with Crippen molar-refractivity contribution in [1.82, 2.24) is 0 Å². The van der Waals surface area contributed by atoms with Crippen LogP contribution in [0.2, 0.25) is 0 Å². The summed E-state index contributed by atoms with van der Waals surface area (Å²) in [5, 5.41) is 3.02. The van der Waals surface area contributed by atoms with E-state index in [4.69, 9.17) is 0 Å². The molecule has 0 bridgehead atoms. The van der Waals surface area contributed by atoms with Gasteiger partial charge in [0.1, 0.15) is 0 Å². The first-order valence-corrected chi connectivity index (χ1v) is 14.6. The zero-order valence-corrected chi connectivity index (χ0v) is 22.7. The van der Waals surface area contributed by atoms with Gasteiger partial charge >= 0.3 is 0 Å². The molecule has 6 aromatic rings. The molecule has 0 spiro atoms. The third-order valence-electron chi connectivity index (χ3n) is 6.01. The van der Waals surface area contributed by atoms with Crippen LogP contribution in [0.4, 0.5) is 35.1 Å². The van der Waals surface area contributed by atoms with Gasteiger partial charge in [0.15, 0.2) is 46.5 Å². The van der Waals surface area contributed by atoms with E-state index in [1.165, 1.54) is 59.3 Å². The van der Waals surface area contributed by atoms with Gasteiger partial charge in [-0.25, -0.2) is 35.1 Å². The summed E-state index contributed by atoms with van der Waals surface area (Å²) in [4.78, 5) is 0.451. The lowest BCUT2D eigenvalue weighted by Gasteiger charge is -2.10. The second-order valence-electron chi connectivity index (χ2n) is 8.29. The number of hydrogen-bond donors (Lipinski definition) is 0. The molecule has 12 heteroatoms. The molecule has 0 aliphatic carbocycles. The first-order valence-electron chi connectivity index (χ1n) is 11.2. The van der Waals surface area contributed by atoms with Crippen molar-refractivity contribution >= 4 is 45.3 Å². The van der Waals surface area contributed by atoms with Crippen LogP contribution in [0.1, 0.15) is 0 Å². The molecule has 0 aliphatic rings. The molecule has 0 fully saturated rings. The van der Waals surface area contributed by atoms with Crippen LogP contribution < -0.4 is 0 Å². The molecule has 0 amide bonds. The van der Waals surface area contributed by atoms with E-state index in [9.17, 15) is 35.1 Å². The standard InChI is InChI=1S/C28H10F8S4/c29-21-17(13-3-1-9-37-13)22(30)26(34)19(25(21)33)15-7-5-11(39-15)12-6-8-16(40-12)20-27(35)23(31)18(24(32)28(20)36)14-4-2-10-38-14/h1-10H. The molecule has 40 heavy (non-hydrogen) atoms. The van der Waals surface area contributed by atoms with E-state index in [2.05, 4.69) is 0 Å². The molecule has 0 radical (unpaired) electrons. The Morgan fingerprint density at radius 2 is 0.600 bits per heavy atom. The molecule has 0 N–H and O–H groups in total. The highest BCUT2D eigenvalue weighted by molar-refractivity contribution is 7.25. The fraction of sp³-hybridized carbons (Fsp3) is 0. The molecule has 6 rings (SSSR count). The number of thiophene rings is 4. The number of halogens is 8. The van der Waals surface area contributed by atoms with Gasteiger partial charge in [-0.3, -0.25) is 0 Å². The Labute approximate surface area is 237 Å². The Balaban J connectivity index is 1.39. The minimum Gasteiger partial charge on any atom is -0.203 e. The fourth-order valence-electron chi connectivity index (χ4n) is 4.18. The van der Waals surface area contributed by atoms with Crippen LogP contribution in [0.3, 0.4) is 0 Å². The summed E-state index contributed by atoms with van der Waals surface area (Å²) in [5.74, 6) is -12.4. The van der Waals surface area contributed by atoms with Crippen LogP contribution in [0, 0.1) is 46.5 Å². The Morgan fingerprint density at radius 3 is 0.875 bits per heavy atom. The summed E-state index contributed by atoms with van der Waals surface area (Å²) >= 11 is 3.39. The van der Waals surface area contributed by atoms with Crippen molar-refractivity contribution in [2.45, 2.75) is 0 Å². The van der Waals surface area contributed by atoms with E-state index >= 15 is 0 Å². The quantitative estimate of drug-likeness (QED) is 0.132. The molecule has 0 atom stereocenters. The van der Waals surface area contributed by atoms with E-state index in [-0.39, 0.29) is 19.5 Å². The van der Waals surface area contributed by atoms with Crippen LogP contribution in [0.5, 0.6) is 0 Å². The van der Waals surface area contributed by atoms with Gasteiger partial charge in [0.2, 0.25) is 0 Å². The Kier molecular flexibility index (Phi) is 6.89. The third kappa shape index (κ3) is 4.21. The highest BCUT2D eigenvalue weighted by Gasteiger charge is 2.30. The predicted octanol–water partition coefficient (Wildman–Crippen LogP) is 11.4. The summed E-state index contributed by atoms with van der Waals surface area (Å²) < 4.78 is 119. The average Bonchev–Trinajstić information content (AvgIpc) is 3.75. The predicted molar refractivity (Wildman–Crippen MR) is 145 cm³/mol. The van der Waals surface area contributed by atoms with Crippen LogP contribution in [0.15, 0.2) is 59.3 Å². The van der Waals surface area contributed by atoms with Crippen molar-refractivity contribution < 1.29 is 35.1 Å². The van der Waals surface area contributed by atoms with Crippen molar-refractivity contribution in [3.8, 4) is 51.5 Å². The third-order valence-corrected chi connectivity index (χ3v) is 10.2. The fourth-order valence-corrected chi connectivity index (χ4v) is 7.86. The Hall–Kier alpha value is -3.32. The molecule has 4 heterocycles. The van der Waals surface area contributed by atoms with Crippen molar-refractivity contribution in [1.29, 1.82) is 0 Å². The first kappa shape index (κ1) is 26.9. The molecule has 0 aliphatic heterocycles. The molecule has 4 aromatic heterocycles. The molecule has 0 unspecified atom stereocenters. The maximum absolute atomic E-state index is 15.0. The van der Waals surface area contributed by atoms with Gasteiger partial charge in [0.05, 0.1) is 22.3 Å². The zero-order chi connectivity index (χ0) is 28.3. The largest absolute Gasteiger partial charge is 0.203 e. The second-order valence-corrected chi connectivity index (χ2v) is 12.4. The second kappa shape index (κ2) is 10.3. The molecule has 2 aromatic carbocycles. The van der Waals surface area contributed by atoms with E-state index in [1.54, 1.807) is 0 Å². The molecular weight excluding hydrogens is 617 g/mol. The van der Waals surface area contributed by atoms with Gasteiger partial charge in [-0.15, -0.1) is 45.3 Å².